The minimum Gasteiger partial charge on any atom is -0.265 e. The van der Waals surface area contributed by atoms with Crippen molar-refractivity contribution < 1.29 is 41.2 Å². The molecule has 11 nitrogen and oxygen atoms in total. The summed E-state index contributed by atoms with van der Waals surface area (Å²) in [6, 6.07) is 18.4. The van der Waals surface area contributed by atoms with Crippen molar-refractivity contribution in [2.24, 2.45) is 0 Å². The minimum atomic E-state index is -4.21. The topological polar surface area (TPSA) is 160 Å². The molecule has 0 fully saturated rings. The second-order valence-electron chi connectivity index (χ2n) is 6.52. The quantitative estimate of drug-likeness (QED) is 0.159. The van der Waals surface area contributed by atoms with Gasteiger partial charge in [-0.05, 0) is 42.0 Å². The van der Waals surface area contributed by atoms with Crippen LogP contribution in [0.25, 0.3) is 16.0 Å². The summed E-state index contributed by atoms with van der Waals surface area (Å²) in [7, 11) is -4.21. The molecule has 4 rings (SSSR count). The Morgan fingerprint density at radius 1 is 0.778 bits per heavy atom. The smallest absolute Gasteiger partial charge is 0.0267 e. The number of non-ortho nitro benzene ring substituents is 2. The Kier molecular flexibility index (Phi) is 10.7. The van der Waals surface area contributed by atoms with E-state index in [2.05, 4.69) is 14.7 Å². The van der Waals surface area contributed by atoms with Crippen molar-refractivity contribution in [2.75, 3.05) is 0 Å². The molecule has 0 N–H and O–H groups in total. The average Bonchev–Trinajstić information content (AvgIpc) is 2.91. The van der Waals surface area contributed by atoms with Crippen molar-refractivity contribution in [3.8, 4) is 11.3 Å². The minimum absolute atomic E-state index is 0.0392. The standard InChI is InChI=1S/C17H11N4O6S.C5H5N.FH.Pd/c22-20(23)12-4-7-14(8-5-12)28(26,27)19-17-9-6-13(21(24)25)11-15(17)16-3-1-2-10-18-16;1-2-4-6-5-3-1;;/h1-11H;1-5H;1H;/q-1;;;+2/p-1. The normalized spacial score (nSPS) is 10.1. The van der Waals surface area contributed by atoms with Crippen LogP contribution in [0, 0.1) is 20.2 Å². The number of pyridine rings is 2. The van der Waals surface area contributed by atoms with E-state index in [1.165, 1.54) is 38.0 Å². The molecule has 14 heteroatoms. The summed E-state index contributed by atoms with van der Waals surface area (Å²) in [5.74, 6) is 0. The molecule has 2 aromatic carbocycles. The van der Waals surface area contributed by atoms with Crippen molar-refractivity contribution in [2.45, 2.75) is 4.90 Å². The summed E-state index contributed by atoms with van der Waals surface area (Å²) in [5.41, 5.74) is -0.0670. The molecule has 0 spiro atoms. The van der Waals surface area contributed by atoms with Gasteiger partial charge in [0.2, 0.25) is 0 Å². The maximum absolute atomic E-state index is 12.6. The summed E-state index contributed by atoms with van der Waals surface area (Å²) >= 11 is 1.25. The number of hydrogen-bond acceptors (Lipinski definition) is 8. The van der Waals surface area contributed by atoms with Gasteiger partial charge in [-0.25, -0.2) is 8.42 Å². The molecule has 0 radical (unpaired) electrons. The van der Waals surface area contributed by atoms with Crippen LogP contribution in [0.15, 0.2) is 102 Å². The Bertz CT molecular complexity index is 1370. The van der Waals surface area contributed by atoms with Crippen molar-refractivity contribution in [1.82, 2.24) is 9.97 Å². The van der Waals surface area contributed by atoms with Crippen molar-refractivity contribution in [3.63, 3.8) is 0 Å². The van der Waals surface area contributed by atoms with E-state index >= 15 is 0 Å². The Morgan fingerprint density at radius 2 is 1.36 bits per heavy atom. The van der Waals surface area contributed by atoms with Crippen molar-refractivity contribution >= 4 is 27.1 Å². The largest absolute Gasteiger partial charge is 0.265 e. The first-order chi connectivity index (χ1) is 17.3. The number of rotatable bonds is 6. The van der Waals surface area contributed by atoms with Gasteiger partial charge >= 0.3 is 22.9 Å². The van der Waals surface area contributed by atoms with Crippen LogP contribution in [0.3, 0.4) is 0 Å². The third-order valence-electron chi connectivity index (χ3n) is 4.26. The van der Waals surface area contributed by atoms with Gasteiger partial charge in [-0.15, -0.1) is 5.69 Å². The van der Waals surface area contributed by atoms with E-state index in [4.69, 9.17) is 0 Å². The van der Waals surface area contributed by atoms with Gasteiger partial charge in [0.15, 0.2) is 0 Å². The van der Waals surface area contributed by atoms with Crippen LogP contribution >= 0.6 is 0 Å². The van der Waals surface area contributed by atoms with Gasteiger partial charge in [-0.2, -0.15) is 0 Å². The van der Waals surface area contributed by atoms with E-state index in [1.807, 2.05) is 18.2 Å². The van der Waals surface area contributed by atoms with E-state index in [0.717, 1.165) is 30.3 Å². The maximum Gasteiger partial charge on any atom is 0.0267 e. The number of nitro groups is 2. The Hall–Kier alpha value is -4.12. The van der Waals surface area contributed by atoms with Gasteiger partial charge < -0.3 is 4.72 Å². The summed E-state index contributed by atoms with van der Waals surface area (Å²) < 4.78 is 38.3. The molecule has 0 saturated carbocycles. The first kappa shape index (κ1) is 28.1. The second-order valence-corrected chi connectivity index (χ2v) is 8.12. The summed E-state index contributed by atoms with van der Waals surface area (Å²) in [6.07, 6.45) is 4.96. The molecule has 0 amide bonds. The predicted molar refractivity (Wildman–Crippen MR) is 125 cm³/mol. The molecule has 0 atom stereocenters. The van der Waals surface area contributed by atoms with Gasteiger partial charge in [0.1, 0.15) is 10.0 Å². The second kappa shape index (κ2) is 13.7. The molecule has 188 valence electrons. The van der Waals surface area contributed by atoms with Gasteiger partial charge in [-0.1, -0.05) is 18.2 Å². The fourth-order valence-electron chi connectivity index (χ4n) is 2.68. The van der Waals surface area contributed by atoms with Crippen molar-refractivity contribution in [1.29, 1.82) is 0 Å². The molecule has 36 heavy (non-hydrogen) atoms. The number of aromatic nitrogens is 2. The fraction of sp³-hybridized carbons (Fsp3) is 0. The first-order valence-electron chi connectivity index (χ1n) is 9.67. The zero-order valence-corrected chi connectivity index (χ0v) is 20.4. The molecule has 2 aromatic heterocycles. The van der Waals surface area contributed by atoms with E-state index < -0.39 is 19.9 Å². The van der Waals surface area contributed by atoms with Gasteiger partial charge in [0.05, 0.1) is 20.4 Å². The van der Waals surface area contributed by atoms with Crippen LogP contribution in [0.5, 0.6) is 0 Å². The third kappa shape index (κ3) is 7.98. The van der Waals surface area contributed by atoms with E-state index in [-0.39, 0.29) is 27.5 Å². The molecule has 4 aromatic rings. The maximum atomic E-state index is 12.6. The third-order valence-corrected chi connectivity index (χ3v) is 5.57. The number of nitro benzene ring substituents is 2. The molecule has 0 aliphatic rings. The van der Waals surface area contributed by atoms with Crippen LogP contribution in [0.4, 0.5) is 20.3 Å². The zero-order chi connectivity index (χ0) is 26.6. The number of hydrogen-bond donors (Lipinski definition) is 0. The van der Waals surface area contributed by atoms with E-state index in [9.17, 15) is 31.9 Å². The van der Waals surface area contributed by atoms with Gasteiger partial charge in [0.25, 0.3) is 11.4 Å². The number of sulfonamides is 1. The SMILES string of the molecule is O=[N+]([O-])c1ccc(S(=O)(=O)[N-]c2ccc([N+](=O)[O-])cc2-c2ccccn2)cc1.[F][Pd+].c1ccncc1. The zero-order valence-electron chi connectivity index (χ0n) is 18.0. The monoisotopic (exact) mass is 603 g/mol. The van der Waals surface area contributed by atoms with Gasteiger partial charge in [0, 0.05) is 42.9 Å². The molecule has 0 saturated heterocycles. The first-order valence-corrected chi connectivity index (χ1v) is 11.7. The van der Waals surface area contributed by atoms with Crippen LogP contribution in [-0.4, -0.2) is 28.2 Å². The van der Waals surface area contributed by atoms with Crippen molar-refractivity contribution in [3.05, 3.63) is 122 Å². The van der Waals surface area contributed by atoms with Crippen LogP contribution in [-0.2, 0) is 29.7 Å². The molecule has 0 aliphatic carbocycles. The fourth-order valence-corrected chi connectivity index (χ4v) is 3.68. The number of nitrogens with zero attached hydrogens (tertiary/aromatic N) is 5. The Morgan fingerprint density at radius 3 is 1.83 bits per heavy atom. The summed E-state index contributed by atoms with van der Waals surface area (Å²) in [5, 5.41) is 21.8. The molecule has 0 aliphatic heterocycles. The number of benzene rings is 2. The molecule has 0 bridgehead atoms. The van der Waals surface area contributed by atoms with Crippen LogP contribution in [0.1, 0.15) is 0 Å². The molecular formula is C22H16FN5O6PdS. The van der Waals surface area contributed by atoms with Gasteiger partial charge in [-0.3, -0.25) is 30.2 Å². The summed E-state index contributed by atoms with van der Waals surface area (Å²) in [6.45, 7) is 0. The average molecular weight is 604 g/mol. The van der Waals surface area contributed by atoms with Crippen LogP contribution < -0.4 is 0 Å². The Balaban J connectivity index is 0.000000491. The van der Waals surface area contributed by atoms with Crippen LogP contribution in [0.2, 0.25) is 0 Å². The Labute approximate surface area is 216 Å². The number of halogens is 1. The summed E-state index contributed by atoms with van der Waals surface area (Å²) in [4.78, 5) is 28.2. The molecule has 0 unspecified atom stereocenters. The molecular weight excluding hydrogens is 588 g/mol. The molecule has 2 heterocycles. The van der Waals surface area contributed by atoms with E-state index in [1.54, 1.807) is 30.6 Å². The predicted octanol–water partition coefficient (Wildman–Crippen LogP) is 5.46. The van der Waals surface area contributed by atoms with E-state index in [0.29, 0.717) is 5.69 Å².